The summed E-state index contributed by atoms with van der Waals surface area (Å²) in [6.45, 7) is 0.190. The molecule has 23 heavy (non-hydrogen) atoms. The summed E-state index contributed by atoms with van der Waals surface area (Å²) in [6, 6.07) is 14.1. The molecule has 2 aromatic carbocycles. The molecule has 0 fully saturated rings. The molecule has 3 rings (SSSR count). The van der Waals surface area contributed by atoms with Crippen LogP contribution in [-0.2, 0) is 6.42 Å². The number of alkyl halides is 1. The fraction of sp³-hybridized carbons (Fsp3) is 0.222. The molecule has 0 radical (unpaired) electrons. The molecule has 2 aromatic rings. The fourth-order valence-electron chi connectivity index (χ4n) is 2.57. The Hall–Kier alpha value is -2.43. The van der Waals surface area contributed by atoms with E-state index in [0.717, 1.165) is 34.7 Å². The third-order valence-corrected chi connectivity index (χ3v) is 3.72. The number of ether oxygens (including phenoxy) is 2. The van der Waals surface area contributed by atoms with Gasteiger partial charge in [0.05, 0.1) is 0 Å². The van der Waals surface area contributed by atoms with E-state index in [4.69, 9.17) is 9.47 Å². The Kier molecular flexibility index (Phi) is 4.86. The van der Waals surface area contributed by atoms with E-state index in [1.54, 1.807) is 0 Å². The van der Waals surface area contributed by atoms with E-state index in [2.05, 4.69) is 17.5 Å². The summed E-state index contributed by atoms with van der Waals surface area (Å²) < 4.78 is 23.3. The van der Waals surface area contributed by atoms with E-state index in [1.807, 2.05) is 44.2 Å². The molecule has 0 unspecified atom stereocenters. The van der Waals surface area contributed by atoms with Gasteiger partial charge in [-0.05, 0) is 29.7 Å². The van der Waals surface area contributed by atoms with Crippen molar-refractivity contribution in [2.75, 3.05) is 20.0 Å². The van der Waals surface area contributed by atoms with Gasteiger partial charge >= 0.3 is 0 Å². The molecule has 0 saturated heterocycles. The van der Waals surface area contributed by atoms with E-state index in [9.17, 15) is 4.39 Å². The average molecular weight is 311 g/mol. The number of hydrogen-bond donors (Lipinski definition) is 1. The summed E-state index contributed by atoms with van der Waals surface area (Å²) in [4.78, 5) is 0. The van der Waals surface area contributed by atoms with Crippen LogP contribution < -0.4 is 20.3 Å². The number of benzene rings is 2. The Morgan fingerprint density at radius 1 is 1.17 bits per heavy atom. The van der Waals surface area contributed by atoms with E-state index in [-0.39, 0.29) is 6.79 Å². The van der Waals surface area contributed by atoms with Gasteiger partial charge in [-0.2, -0.15) is 0 Å². The van der Waals surface area contributed by atoms with E-state index < -0.39 is 6.67 Å². The Bertz CT molecular complexity index is 718. The SMILES string of the molecule is Bc1cccc(/C(=C/Cc2ccc3c(c2)OCO3)NCCF)c1. The van der Waals surface area contributed by atoms with E-state index >= 15 is 0 Å². The maximum Gasteiger partial charge on any atom is 0.231 e. The lowest BCUT2D eigenvalue weighted by molar-refractivity contribution is 0.174. The second kappa shape index (κ2) is 7.22. The fourth-order valence-corrected chi connectivity index (χ4v) is 2.57. The minimum Gasteiger partial charge on any atom is -0.454 e. The van der Waals surface area contributed by atoms with Crippen molar-refractivity contribution < 1.29 is 13.9 Å². The average Bonchev–Trinajstić information content (AvgIpc) is 3.02. The van der Waals surface area contributed by atoms with Gasteiger partial charge in [-0.25, -0.2) is 4.39 Å². The third kappa shape index (κ3) is 3.86. The summed E-state index contributed by atoms with van der Waals surface area (Å²) in [5, 5.41) is 3.17. The van der Waals surface area contributed by atoms with Crippen LogP contribution >= 0.6 is 0 Å². The number of fused-ring (bicyclic) bond motifs is 1. The van der Waals surface area contributed by atoms with Crippen molar-refractivity contribution in [1.82, 2.24) is 5.32 Å². The molecular weight excluding hydrogens is 292 g/mol. The van der Waals surface area contributed by atoms with Crippen LogP contribution in [0.15, 0.2) is 48.5 Å². The third-order valence-electron chi connectivity index (χ3n) is 3.72. The largest absolute Gasteiger partial charge is 0.454 e. The van der Waals surface area contributed by atoms with Crippen LogP contribution in [-0.4, -0.2) is 27.9 Å². The first-order valence-corrected chi connectivity index (χ1v) is 7.72. The van der Waals surface area contributed by atoms with Crippen molar-refractivity contribution in [2.24, 2.45) is 0 Å². The van der Waals surface area contributed by atoms with Crippen molar-refractivity contribution in [3.05, 3.63) is 59.7 Å². The van der Waals surface area contributed by atoms with Gasteiger partial charge in [0.1, 0.15) is 14.5 Å². The van der Waals surface area contributed by atoms with Gasteiger partial charge in [0.2, 0.25) is 6.79 Å². The summed E-state index contributed by atoms with van der Waals surface area (Å²) in [5.41, 5.74) is 4.32. The summed E-state index contributed by atoms with van der Waals surface area (Å²) in [5.74, 6) is 1.57. The van der Waals surface area contributed by atoms with Crippen molar-refractivity contribution in [3.63, 3.8) is 0 Å². The van der Waals surface area contributed by atoms with Gasteiger partial charge in [-0.1, -0.05) is 41.9 Å². The van der Waals surface area contributed by atoms with Crippen molar-refractivity contribution in [1.29, 1.82) is 0 Å². The second-order valence-corrected chi connectivity index (χ2v) is 5.49. The van der Waals surface area contributed by atoms with Crippen LogP contribution in [0.3, 0.4) is 0 Å². The standard InChI is InChI=1S/C18H19BFNO2/c19-15-3-1-2-14(11-15)16(21-9-8-20)6-4-13-5-7-17-18(10-13)23-12-22-17/h1-3,5-7,10-11,21H,4,8-9,12,19H2/b16-6-. The highest BCUT2D eigenvalue weighted by molar-refractivity contribution is 6.32. The zero-order valence-electron chi connectivity index (χ0n) is 13.1. The number of hydrogen-bond acceptors (Lipinski definition) is 3. The smallest absolute Gasteiger partial charge is 0.231 e. The van der Waals surface area contributed by atoms with E-state index in [0.29, 0.717) is 6.54 Å². The molecule has 0 saturated carbocycles. The highest BCUT2D eigenvalue weighted by Gasteiger charge is 2.12. The van der Waals surface area contributed by atoms with Crippen LogP contribution in [0, 0.1) is 0 Å². The van der Waals surface area contributed by atoms with Crippen LogP contribution in [0.4, 0.5) is 4.39 Å². The van der Waals surface area contributed by atoms with Crippen molar-refractivity contribution >= 4 is 19.0 Å². The monoisotopic (exact) mass is 311 g/mol. The summed E-state index contributed by atoms with van der Waals surface area (Å²) in [7, 11) is 2.05. The summed E-state index contributed by atoms with van der Waals surface area (Å²) in [6.07, 6.45) is 2.82. The molecule has 1 aliphatic heterocycles. The van der Waals surface area contributed by atoms with Gasteiger partial charge in [-0.3, -0.25) is 0 Å². The van der Waals surface area contributed by atoms with Gasteiger partial charge in [0.15, 0.2) is 11.5 Å². The first kappa shape index (κ1) is 15.5. The van der Waals surface area contributed by atoms with E-state index in [1.165, 1.54) is 5.46 Å². The molecule has 5 heteroatoms. The first-order chi connectivity index (χ1) is 11.3. The van der Waals surface area contributed by atoms with Gasteiger partial charge in [-0.15, -0.1) is 0 Å². The Balaban J connectivity index is 1.80. The zero-order valence-corrected chi connectivity index (χ0v) is 13.1. The van der Waals surface area contributed by atoms with Crippen molar-refractivity contribution in [2.45, 2.75) is 6.42 Å². The Morgan fingerprint density at radius 3 is 2.87 bits per heavy atom. The van der Waals surface area contributed by atoms with Crippen molar-refractivity contribution in [3.8, 4) is 11.5 Å². The quantitative estimate of drug-likeness (QED) is 0.826. The molecule has 0 aromatic heterocycles. The van der Waals surface area contributed by atoms with Crippen LogP contribution in [0.25, 0.3) is 5.70 Å². The lowest BCUT2D eigenvalue weighted by Crippen LogP contribution is -2.16. The van der Waals surface area contributed by atoms with Crippen LogP contribution in [0.1, 0.15) is 11.1 Å². The maximum absolute atomic E-state index is 12.5. The minimum absolute atomic E-state index is 0.279. The topological polar surface area (TPSA) is 30.5 Å². The Morgan fingerprint density at radius 2 is 2.04 bits per heavy atom. The highest BCUT2D eigenvalue weighted by Crippen LogP contribution is 2.32. The predicted octanol–water partition coefficient (Wildman–Crippen LogP) is 1.82. The predicted molar refractivity (Wildman–Crippen MR) is 92.8 cm³/mol. The molecule has 1 aliphatic rings. The number of allylic oxidation sites excluding steroid dienone is 1. The molecule has 0 atom stereocenters. The number of halogens is 1. The lowest BCUT2D eigenvalue weighted by Gasteiger charge is -2.11. The number of rotatable bonds is 6. The molecule has 0 amide bonds. The maximum atomic E-state index is 12.5. The molecule has 0 spiro atoms. The molecule has 118 valence electrons. The van der Waals surface area contributed by atoms with Gasteiger partial charge < -0.3 is 14.8 Å². The second-order valence-electron chi connectivity index (χ2n) is 5.49. The minimum atomic E-state index is -0.396. The lowest BCUT2D eigenvalue weighted by atomic mass is 9.93. The molecule has 0 bridgehead atoms. The van der Waals surface area contributed by atoms with Gasteiger partial charge in [0, 0.05) is 12.2 Å². The molecule has 0 aliphatic carbocycles. The normalized spacial score (nSPS) is 13.2. The molecular formula is C18H19BFNO2. The molecule has 3 nitrogen and oxygen atoms in total. The highest BCUT2D eigenvalue weighted by atomic mass is 19.1. The Labute approximate surface area is 136 Å². The summed E-state index contributed by atoms with van der Waals surface area (Å²) >= 11 is 0. The molecule has 1 heterocycles. The van der Waals surface area contributed by atoms with Crippen LogP contribution in [0.2, 0.25) is 0 Å². The molecule has 1 N–H and O–H groups in total. The first-order valence-electron chi connectivity index (χ1n) is 7.72. The zero-order chi connectivity index (χ0) is 16.1. The van der Waals surface area contributed by atoms with Gasteiger partial charge in [0.25, 0.3) is 0 Å². The number of nitrogens with one attached hydrogen (secondary N) is 1. The van der Waals surface area contributed by atoms with Crippen LogP contribution in [0.5, 0.6) is 11.5 Å².